The maximum atomic E-state index is 13.0. The predicted molar refractivity (Wildman–Crippen MR) is 80.2 cm³/mol. The zero-order chi connectivity index (χ0) is 15.0. The van der Waals surface area contributed by atoms with Crippen LogP contribution < -0.4 is 5.32 Å². The molecule has 2 aromatic heterocycles. The molecule has 0 aliphatic rings. The number of carbonyl (C=O) groups excluding carboxylic acids is 1. The van der Waals surface area contributed by atoms with Crippen LogP contribution in [0.1, 0.15) is 6.92 Å². The number of amides is 1. The maximum absolute atomic E-state index is 13.0. The second-order valence-corrected chi connectivity index (χ2v) is 5.85. The summed E-state index contributed by atoms with van der Waals surface area (Å²) in [4.78, 5) is 16.4. The van der Waals surface area contributed by atoms with Crippen molar-refractivity contribution < 1.29 is 9.18 Å². The van der Waals surface area contributed by atoms with Gasteiger partial charge in [0.15, 0.2) is 0 Å². The molecule has 1 aromatic carbocycles. The third kappa shape index (κ3) is 2.74. The fourth-order valence-electron chi connectivity index (χ4n) is 1.76. The number of benzene rings is 1. The Kier molecular flexibility index (Phi) is 3.60. The first-order chi connectivity index (χ1) is 10.0. The molecule has 0 aliphatic carbocycles. The molecule has 1 amide bonds. The lowest BCUT2D eigenvalue weighted by Gasteiger charge is -2.01. The first-order valence-electron chi connectivity index (χ1n) is 6.10. The van der Waals surface area contributed by atoms with Crippen molar-refractivity contribution in [3.8, 4) is 11.3 Å². The number of hydrogen-bond acceptors (Lipinski definition) is 4. The molecule has 0 bridgehead atoms. The number of hydrogen-bond donors (Lipinski definition) is 1. The van der Waals surface area contributed by atoms with Crippen LogP contribution in [-0.2, 0) is 4.79 Å². The smallest absolute Gasteiger partial charge is 0.250 e. The minimum absolute atomic E-state index is 0.197. The second kappa shape index (κ2) is 5.42. The number of anilines is 1. The molecule has 0 radical (unpaired) electrons. The lowest BCUT2D eigenvalue weighted by Crippen LogP contribution is -2.21. The van der Waals surface area contributed by atoms with Gasteiger partial charge in [0, 0.05) is 10.9 Å². The molecule has 0 fully saturated rings. The van der Waals surface area contributed by atoms with Gasteiger partial charge in [0.2, 0.25) is 10.9 Å². The quantitative estimate of drug-likeness (QED) is 0.753. The molecule has 1 N–H and O–H groups in total. The van der Waals surface area contributed by atoms with Gasteiger partial charge < -0.3 is 0 Å². The van der Waals surface area contributed by atoms with Crippen LogP contribution in [0.2, 0.25) is 0 Å². The van der Waals surface area contributed by atoms with Crippen molar-refractivity contribution in [2.45, 2.75) is 12.3 Å². The predicted octanol–water partition coefficient (Wildman–Crippen LogP) is 3.16. The Morgan fingerprint density at radius 1 is 1.43 bits per heavy atom. The minimum Gasteiger partial charge on any atom is -0.292 e. The summed E-state index contributed by atoms with van der Waals surface area (Å²) in [6.07, 6.45) is 0. The van der Waals surface area contributed by atoms with Crippen LogP contribution in [0.3, 0.4) is 0 Å². The Hall–Kier alpha value is -1.99. The number of aromatic nitrogens is 3. The molecule has 3 rings (SSSR count). The van der Waals surface area contributed by atoms with E-state index in [2.05, 4.69) is 15.4 Å². The lowest BCUT2D eigenvalue weighted by atomic mass is 10.2. The molecular weight excluding hydrogens is 315 g/mol. The van der Waals surface area contributed by atoms with E-state index >= 15 is 0 Å². The van der Waals surface area contributed by atoms with E-state index in [1.165, 1.54) is 23.5 Å². The van der Waals surface area contributed by atoms with Crippen molar-refractivity contribution in [2.24, 2.45) is 0 Å². The molecule has 3 aromatic rings. The highest BCUT2D eigenvalue weighted by Crippen LogP contribution is 2.26. The topological polar surface area (TPSA) is 59.3 Å². The van der Waals surface area contributed by atoms with Gasteiger partial charge in [-0.1, -0.05) is 0 Å². The van der Waals surface area contributed by atoms with Gasteiger partial charge in [-0.15, -0.1) is 28.0 Å². The molecule has 0 aliphatic heterocycles. The van der Waals surface area contributed by atoms with Crippen molar-refractivity contribution in [2.75, 3.05) is 5.32 Å². The third-order valence-corrected chi connectivity index (χ3v) is 3.83. The highest BCUT2D eigenvalue weighted by atomic mass is 35.5. The molecule has 21 heavy (non-hydrogen) atoms. The average Bonchev–Trinajstić information content (AvgIpc) is 2.99. The molecule has 1 unspecified atom stereocenters. The fraction of sp³-hybridized carbons (Fsp3) is 0.154. The first kappa shape index (κ1) is 14.0. The number of halogens is 2. The van der Waals surface area contributed by atoms with Crippen LogP contribution in [-0.4, -0.2) is 25.9 Å². The van der Waals surface area contributed by atoms with E-state index in [-0.39, 0.29) is 17.7 Å². The normalized spacial score (nSPS) is 12.5. The molecule has 108 valence electrons. The standard InChI is InChI=1S/C13H10ClFN4OS/c1-7(14)11(20)16-12-17-13-19(18-12)10(6-21-13)8-2-4-9(15)5-3-8/h2-7H,1H3,(H,16,18,20). The van der Waals surface area contributed by atoms with Crippen molar-refractivity contribution >= 4 is 39.8 Å². The van der Waals surface area contributed by atoms with Gasteiger partial charge in [-0.3, -0.25) is 10.1 Å². The number of thiazole rings is 1. The SMILES string of the molecule is CC(Cl)C(=O)Nc1nc2scc(-c3ccc(F)cc3)n2n1. The summed E-state index contributed by atoms with van der Waals surface area (Å²) < 4.78 is 14.6. The number of alkyl halides is 1. The molecule has 2 heterocycles. The van der Waals surface area contributed by atoms with Gasteiger partial charge in [0.05, 0.1) is 5.69 Å². The van der Waals surface area contributed by atoms with Gasteiger partial charge in [-0.05, 0) is 31.2 Å². The van der Waals surface area contributed by atoms with Crippen molar-refractivity contribution in [3.05, 3.63) is 35.5 Å². The Bertz CT molecular complexity index is 796. The van der Waals surface area contributed by atoms with E-state index in [9.17, 15) is 9.18 Å². The van der Waals surface area contributed by atoms with Crippen LogP contribution in [0.4, 0.5) is 10.3 Å². The minimum atomic E-state index is -0.664. The van der Waals surface area contributed by atoms with Gasteiger partial charge >= 0.3 is 0 Å². The van der Waals surface area contributed by atoms with Crippen molar-refractivity contribution in [1.29, 1.82) is 0 Å². The highest BCUT2D eigenvalue weighted by molar-refractivity contribution is 7.15. The summed E-state index contributed by atoms with van der Waals surface area (Å²) in [6, 6.07) is 6.09. The Morgan fingerprint density at radius 2 is 2.14 bits per heavy atom. The number of carbonyl (C=O) groups is 1. The van der Waals surface area contributed by atoms with E-state index in [1.807, 2.05) is 5.38 Å². The highest BCUT2D eigenvalue weighted by Gasteiger charge is 2.15. The van der Waals surface area contributed by atoms with Crippen LogP contribution in [0.5, 0.6) is 0 Å². The molecule has 1 atom stereocenters. The summed E-state index contributed by atoms with van der Waals surface area (Å²) in [6.45, 7) is 1.57. The van der Waals surface area contributed by atoms with Crippen LogP contribution in [0.15, 0.2) is 29.6 Å². The molecular formula is C13H10ClFN4OS. The van der Waals surface area contributed by atoms with E-state index < -0.39 is 5.38 Å². The van der Waals surface area contributed by atoms with Crippen LogP contribution in [0.25, 0.3) is 16.2 Å². The monoisotopic (exact) mass is 324 g/mol. The summed E-state index contributed by atoms with van der Waals surface area (Å²) in [7, 11) is 0. The zero-order valence-electron chi connectivity index (χ0n) is 10.9. The largest absolute Gasteiger partial charge is 0.292 e. The summed E-state index contributed by atoms with van der Waals surface area (Å²) in [5.41, 5.74) is 1.60. The molecule has 0 saturated heterocycles. The van der Waals surface area contributed by atoms with E-state index in [4.69, 9.17) is 11.6 Å². The summed E-state index contributed by atoms with van der Waals surface area (Å²) in [5, 5.41) is 7.97. The summed E-state index contributed by atoms with van der Waals surface area (Å²) in [5.74, 6) is -0.464. The van der Waals surface area contributed by atoms with Crippen LogP contribution >= 0.6 is 22.9 Å². The van der Waals surface area contributed by atoms with Gasteiger partial charge in [0.1, 0.15) is 11.2 Å². The first-order valence-corrected chi connectivity index (χ1v) is 7.41. The van der Waals surface area contributed by atoms with Gasteiger partial charge in [0.25, 0.3) is 5.95 Å². The maximum Gasteiger partial charge on any atom is 0.250 e. The molecule has 8 heteroatoms. The average molecular weight is 325 g/mol. The Morgan fingerprint density at radius 3 is 2.81 bits per heavy atom. The zero-order valence-corrected chi connectivity index (χ0v) is 12.5. The number of fused-ring (bicyclic) bond motifs is 1. The Labute approximate surface area is 128 Å². The second-order valence-electron chi connectivity index (χ2n) is 4.36. The Balaban J connectivity index is 1.96. The fourth-order valence-corrected chi connectivity index (χ4v) is 2.65. The van der Waals surface area contributed by atoms with Crippen molar-refractivity contribution in [3.63, 3.8) is 0 Å². The lowest BCUT2D eigenvalue weighted by molar-refractivity contribution is -0.115. The summed E-state index contributed by atoms with van der Waals surface area (Å²) >= 11 is 7.07. The van der Waals surface area contributed by atoms with E-state index in [0.717, 1.165) is 11.3 Å². The van der Waals surface area contributed by atoms with E-state index in [0.29, 0.717) is 4.96 Å². The van der Waals surface area contributed by atoms with Gasteiger partial charge in [-0.25, -0.2) is 8.91 Å². The number of nitrogens with one attached hydrogen (secondary N) is 1. The molecule has 0 spiro atoms. The van der Waals surface area contributed by atoms with Crippen molar-refractivity contribution in [1.82, 2.24) is 14.6 Å². The number of nitrogens with zero attached hydrogens (tertiary/aromatic N) is 3. The van der Waals surface area contributed by atoms with E-state index in [1.54, 1.807) is 23.6 Å². The molecule has 0 saturated carbocycles. The number of rotatable bonds is 3. The van der Waals surface area contributed by atoms with Crippen LogP contribution in [0, 0.1) is 5.82 Å². The third-order valence-electron chi connectivity index (χ3n) is 2.82. The van der Waals surface area contributed by atoms with Gasteiger partial charge in [-0.2, -0.15) is 4.98 Å². The molecule has 5 nitrogen and oxygen atoms in total.